The van der Waals surface area contributed by atoms with Crippen molar-refractivity contribution >= 4 is 17.3 Å². The van der Waals surface area contributed by atoms with E-state index in [2.05, 4.69) is 30.2 Å². The van der Waals surface area contributed by atoms with E-state index >= 15 is 0 Å². The first-order chi connectivity index (χ1) is 13.6. The van der Waals surface area contributed by atoms with E-state index in [4.69, 9.17) is 4.74 Å². The van der Waals surface area contributed by atoms with Gasteiger partial charge in [-0.2, -0.15) is 0 Å². The molecule has 4 heterocycles. The van der Waals surface area contributed by atoms with Crippen LogP contribution in [-0.2, 0) is 4.74 Å². The molecule has 3 aromatic rings. The zero-order valence-corrected chi connectivity index (χ0v) is 16.4. The third kappa shape index (κ3) is 4.09. The number of hydrogen-bond donors (Lipinski definition) is 1. The van der Waals surface area contributed by atoms with Crippen LogP contribution in [-0.4, -0.2) is 39.6 Å². The van der Waals surface area contributed by atoms with Gasteiger partial charge in [0.15, 0.2) is 0 Å². The molecule has 0 saturated carbocycles. The van der Waals surface area contributed by atoms with Gasteiger partial charge in [0.2, 0.25) is 0 Å². The summed E-state index contributed by atoms with van der Waals surface area (Å²) in [6.45, 7) is 8.11. The van der Waals surface area contributed by atoms with Crippen LogP contribution in [0.3, 0.4) is 0 Å². The molecule has 3 aromatic heterocycles. The zero-order valence-electron chi connectivity index (χ0n) is 16.4. The number of hydrogen-bond acceptors (Lipinski definition) is 7. The molecule has 144 valence electrons. The summed E-state index contributed by atoms with van der Waals surface area (Å²) < 4.78 is 5.97. The number of nitrogens with zero attached hydrogens (tertiary/aromatic N) is 5. The minimum atomic E-state index is -0.0880. The first kappa shape index (κ1) is 18.3. The fraction of sp³-hybridized carbons (Fsp3) is 0.333. The van der Waals surface area contributed by atoms with Gasteiger partial charge in [0.1, 0.15) is 23.6 Å². The van der Waals surface area contributed by atoms with E-state index in [1.807, 2.05) is 57.3 Å². The Hall–Kier alpha value is -3.06. The maximum atomic E-state index is 5.97. The quantitative estimate of drug-likeness (QED) is 0.747. The van der Waals surface area contributed by atoms with Gasteiger partial charge in [-0.1, -0.05) is 6.07 Å². The van der Waals surface area contributed by atoms with E-state index in [0.29, 0.717) is 6.61 Å². The summed E-state index contributed by atoms with van der Waals surface area (Å²) in [6.07, 6.45) is 3.51. The molecule has 0 amide bonds. The summed E-state index contributed by atoms with van der Waals surface area (Å²) in [5, 5.41) is 3.31. The van der Waals surface area contributed by atoms with E-state index in [0.717, 1.165) is 53.2 Å². The number of nitrogens with one attached hydrogen (secondary N) is 1. The Labute approximate surface area is 164 Å². The highest BCUT2D eigenvalue weighted by Gasteiger charge is 2.24. The molecule has 0 aromatic carbocycles. The number of morpholine rings is 1. The molecule has 1 fully saturated rings. The van der Waals surface area contributed by atoms with Crippen molar-refractivity contribution in [3.8, 4) is 0 Å². The maximum Gasteiger partial charge on any atom is 0.133 e. The average molecular weight is 376 g/mol. The molecule has 0 radical (unpaired) electrons. The smallest absolute Gasteiger partial charge is 0.133 e. The van der Waals surface area contributed by atoms with Gasteiger partial charge < -0.3 is 15.0 Å². The Kier molecular flexibility index (Phi) is 5.16. The lowest BCUT2D eigenvalue weighted by Gasteiger charge is -2.33. The molecule has 1 N–H and O–H groups in total. The number of anilines is 3. The second-order valence-corrected chi connectivity index (χ2v) is 6.99. The van der Waals surface area contributed by atoms with Crippen molar-refractivity contribution in [3.05, 3.63) is 65.5 Å². The summed E-state index contributed by atoms with van der Waals surface area (Å²) in [7, 11) is 0. The van der Waals surface area contributed by atoms with Gasteiger partial charge in [-0.05, 0) is 44.5 Å². The highest BCUT2D eigenvalue weighted by atomic mass is 16.5. The summed E-state index contributed by atoms with van der Waals surface area (Å²) in [6, 6.07) is 9.99. The summed E-state index contributed by atoms with van der Waals surface area (Å²) in [5.74, 6) is 2.57. The van der Waals surface area contributed by atoms with Crippen LogP contribution in [0.4, 0.5) is 17.3 Å². The standard InChI is InChI=1S/C21H24N6O/c1-14-5-4-8-22-21(14)26-17-6-7-18(23-12-17)19-13-27(9-10-28-19)20-11-15(2)24-16(3)25-20/h4-8,11-12,19H,9-10,13H2,1-3H3,(H,22,26)/t19-/m1/s1. The fourth-order valence-electron chi connectivity index (χ4n) is 3.32. The molecule has 0 spiro atoms. The van der Waals surface area contributed by atoms with Gasteiger partial charge in [0.25, 0.3) is 0 Å². The van der Waals surface area contributed by atoms with Crippen molar-refractivity contribution in [2.24, 2.45) is 0 Å². The van der Waals surface area contributed by atoms with E-state index < -0.39 is 0 Å². The van der Waals surface area contributed by atoms with Crippen molar-refractivity contribution in [3.63, 3.8) is 0 Å². The number of aromatic nitrogens is 4. The Morgan fingerprint density at radius 1 is 1.11 bits per heavy atom. The van der Waals surface area contributed by atoms with E-state index in [9.17, 15) is 0 Å². The van der Waals surface area contributed by atoms with Gasteiger partial charge in [-0.25, -0.2) is 15.0 Å². The molecular weight excluding hydrogens is 352 g/mol. The van der Waals surface area contributed by atoms with Crippen molar-refractivity contribution in [1.82, 2.24) is 19.9 Å². The summed E-state index contributed by atoms with van der Waals surface area (Å²) in [4.78, 5) is 20.2. The van der Waals surface area contributed by atoms with Gasteiger partial charge in [-0.3, -0.25) is 4.98 Å². The molecule has 1 aliphatic rings. The second kappa shape index (κ2) is 7.90. The largest absolute Gasteiger partial charge is 0.368 e. The Morgan fingerprint density at radius 3 is 2.75 bits per heavy atom. The molecular formula is C21H24N6O. The van der Waals surface area contributed by atoms with Gasteiger partial charge in [-0.15, -0.1) is 0 Å². The van der Waals surface area contributed by atoms with Crippen LogP contribution >= 0.6 is 0 Å². The van der Waals surface area contributed by atoms with Crippen LogP contribution < -0.4 is 10.2 Å². The topological polar surface area (TPSA) is 76.1 Å². The summed E-state index contributed by atoms with van der Waals surface area (Å²) >= 11 is 0. The molecule has 0 aliphatic carbocycles. The lowest BCUT2D eigenvalue weighted by molar-refractivity contribution is 0.0367. The van der Waals surface area contributed by atoms with Crippen molar-refractivity contribution in [1.29, 1.82) is 0 Å². The first-order valence-electron chi connectivity index (χ1n) is 9.42. The third-order valence-electron chi connectivity index (χ3n) is 4.73. The van der Waals surface area contributed by atoms with Crippen molar-refractivity contribution < 1.29 is 4.74 Å². The molecule has 1 atom stereocenters. The van der Waals surface area contributed by atoms with Crippen LogP contribution in [0.25, 0.3) is 0 Å². The first-order valence-corrected chi connectivity index (χ1v) is 9.42. The Morgan fingerprint density at radius 2 is 2.00 bits per heavy atom. The van der Waals surface area contributed by atoms with Crippen LogP contribution in [0.2, 0.25) is 0 Å². The second-order valence-electron chi connectivity index (χ2n) is 6.99. The number of pyridine rings is 2. The highest BCUT2D eigenvalue weighted by molar-refractivity contribution is 5.58. The predicted octanol–water partition coefficient (Wildman–Crippen LogP) is 3.51. The lowest BCUT2D eigenvalue weighted by Crippen LogP contribution is -2.39. The molecule has 1 saturated heterocycles. The molecule has 7 nitrogen and oxygen atoms in total. The van der Waals surface area contributed by atoms with Crippen LogP contribution in [0.5, 0.6) is 0 Å². The van der Waals surface area contributed by atoms with E-state index in [1.54, 1.807) is 6.20 Å². The van der Waals surface area contributed by atoms with Gasteiger partial charge in [0, 0.05) is 24.5 Å². The SMILES string of the molecule is Cc1cc(N2CCO[C@@H](c3ccc(Nc4ncccc4C)cn3)C2)nc(C)n1. The molecule has 4 rings (SSSR count). The maximum absolute atomic E-state index is 5.97. The van der Waals surface area contributed by atoms with Crippen LogP contribution in [0.1, 0.15) is 28.9 Å². The Bertz CT molecular complexity index is 939. The highest BCUT2D eigenvalue weighted by Crippen LogP contribution is 2.25. The minimum Gasteiger partial charge on any atom is -0.368 e. The van der Waals surface area contributed by atoms with E-state index in [-0.39, 0.29) is 6.10 Å². The number of aryl methyl sites for hydroxylation is 3. The van der Waals surface area contributed by atoms with Gasteiger partial charge in [0.05, 0.1) is 30.7 Å². The third-order valence-corrected chi connectivity index (χ3v) is 4.73. The van der Waals surface area contributed by atoms with E-state index in [1.165, 1.54) is 0 Å². The van der Waals surface area contributed by atoms with Crippen molar-refractivity contribution in [2.45, 2.75) is 26.9 Å². The lowest BCUT2D eigenvalue weighted by atomic mass is 10.1. The Balaban J connectivity index is 1.47. The fourth-order valence-corrected chi connectivity index (χ4v) is 3.32. The minimum absolute atomic E-state index is 0.0880. The summed E-state index contributed by atoms with van der Waals surface area (Å²) in [5.41, 5.74) is 3.88. The van der Waals surface area contributed by atoms with Gasteiger partial charge >= 0.3 is 0 Å². The number of rotatable bonds is 4. The molecule has 7 heteroatoms. The zero-order chi connectivity index (χ0) is 19.5. The van der Waals surface area contributed by atoms with Crippen LogP contribution in [0, 0.1) is 20.8 Å². The monoisotopic (exact) mass is 376 g/mol. The molecule has 28 heavy (non-hydrogen) atoms. The average Bonchev–Trinajstić information content (AvgIpc) is 2.70. The predicted molar refractivity (Wildman–Crippen MR) is 109 cm³/mol. The molecule has 0 bridgehead atoms. The molecule has 1 aliphatic heterocycles. The normalized spacial score (nSPS) is 16.8. The van der Waals surface area contributed by atoms with Crippen LogP contribution in [0.15, 0.2) is 42.7 Å². The van der Waals surface area contributed by atoms with Crippen molar-refractivity contribution in [2.75, 3.05) is 29.9 Å². The number of ether oxygens (including phenoxy) is 1. The molecule has 0 unspecified atom stereocenters.